The Hall–Kier alpha value is -2.07. The van der Waals surface area contributed by atoms with Crippen molar-refractivity contribution in [3.05, 3.63) is 45.7 Å². The third kappa shape index (κ3) is 3.07. The van der Waals surface area contributed by atoms with E-state index in [1.54, 1.807) is 24.4 Å². The molecule has 0 bridgehead atoms. The van der Waals surface area contributed by atoms with Crippen molar-refractivity contribution in [2.45, 2.75) is 5.33 Å². The van der Waals surface area contributed by atoms with Crippen molar-refractivity contribution < 1.29 is 9.47 Å². The molecular weight excluding hydrogens is 441 g/mol. The molecule has 0 spiro atoms. The summed E-state index contributed by atoms with van der Waals surface area (Å²) in [5, 5.41) is 10.6. The number of methoxy groups -OCH3 is 2. The molecule has 0 aliphatic rings. The molecular formula is C18H12BrCl2N3O2. The van der Waals surface area contributed by atoms with Gasteiger partial charge in [0.05, 0.1) is 47.2 Å². The van der Waals surface area contributed by atoms with Gasteiger partial charge in [-0.05, 0) is 6.07 Å². The van der Waals surface area contributed by atoms with E-state index in [4.69, 9.17) is 32.7 Å². The Morgan fingerprint density at radius 3 is 2.31 bits per heavy atom. The van der Waals surface area contributed by atoms with E-state index in [-0.39, 0.29) is 0 Å². The summed E-state index contributed by atoms with van der Waals surface area (Å²) in [6.07, 6.45) is 1.62. The van der Waals surface area contributed by atoms with Gasteiger partial charge in [0.15, 0.2) is 0 Å². The summed E-state index contributed by atoms with van der Waals surface area (Å²) in [6.45, 7) is 0. The van der Waals surface area contributed by atoms with E-state index in [1.165, 1.54) is 14.2 Å². The first-order valence-electron chi connectivity index (χ1n) is 7.40. The topological polar surface area (TPSA) is 68.0 Å². The summed E-state index contributed by atoms with van der Waals surface area (Å²) in [4.78, 5) is 9.00. The highest BCUT2D eigenvalue weighted by Crippen LogP contribution is 2.47. The monoisotopic (exact) mass is 451 g/mol. The summed E-state index contributed by atoms with van der Waals surface area (Å²) in [6, 6.07) is 7.17. The minimum Gasteiger partial charge on any atom is -0.495 e. The number of alkyl halides is 1. The van der Waals surface area contributed by atoms with Gasteiger partial charge in [-0.2, -0.15) is 5.26 Å². The van der Waals surface area contributed by atoms with Crippen LogP contribution in [0.4, 0.5) is 0 Å². The number of fused-ring (bicyclic) bond motifs is 1. The van der Waals surface area contributed by atoms with Gasteiger partial charge in [0.25, 0.3) is 0 Å². The third-order valence-corrected chi connectivity index (χ3v) is 5.17. The molecule has 8 heteroatoms. The number of hydrogen-bond acceptors (Lipinski definition) is 5. The van der Waals surface area contributed by atoms with E-state index in [2.05, 4.69) is 32.0 Å². The van der Waals surface area contributed by atoms with E-state index < -0.39 is 0 Å². The zero-order valence-corrected chi connectivity index (χ0v) is 16.9. The number of hydrogen-bond donors (Lipinski definition) is 0. The smallest absolute Gasteiger partial charge is 0.141 e. The zero-order chi connectivity index (χ0) is 18.8. The van der Waals surface area contributed by atoms with E-state index in [9.17, 15) is 5.26 Å². The van der Waals surface area contributed by atoms with Crippen molar-refractivity contribution in [2.24, 2.45) is 0 Å². The zero-order valence-electron chi connectivity index (χ0n) is 13.8. The average Bonchev–Trinajstić information content (AvgIpc) is 2.67. The molecule has 3 aromatic rings. The molecule has 26 heavy (non-hydrogen) atoms. The van der Waals surface area contributed by atoms with Gasteiger partial charge >= 0.3 is 0 Å². The Bertz CT molecular complexity index is 1020. The summed E-state index contributed by atoms with van der Waals surface area (Å²) in [5.41, 5.74) is 3.29. The van der Waals surface area contributed by atoms with Crippen LogP contribution in [0.15, 0.2) is 24.4 Å². The van der Waals surface area contributed by atoms with Gasteiger partial charge in [-0.25, -0.2) is 4.98 Å². The Kier molecular flexibility index (Phi) is 5.52. The van der Waals surface area contributed by atoms with Crippen molar-refractivity contribution >= 4 is 50.2 Å². The van der Waals surface area contributed by atoms with Crippen molar-refractivity contribution in [1.29, 1.82) is 5.26 Å². The van der Waals surface area contributed by atoms with Crippen LogP contribution in [0.3, 0.4) is 0 Å². The van der Waals surface area contributed by atoms with Crippen molar-refractivity contribution in [3.63, 3.8) is 0 Å². The minimum atomic E-state index is 0.329. The molecule has 2 aromatic carbocycles. The minimum absolute atomic E-state index is 0.329. The van der Waals surface area contributed by atoms with Crippen LogP contribution in [0, 0.1) is 11.3 Å². The lowest BCUT2D eigenvalue weighted by Crippen LogP contribution is -1.98. The lowest BCUT2D eigenvalue weighted by atomic mass is 10.00. The van der Waals surface area contributed by atoms with E-state index in [0.29, 0.717) is 54.6 Å². The van der Waals surface area contributed by atoms with Crippen LogP contribution in [0.2, 0.25) is 10.0 Å². The summed E-state index contributed by atoms with van der Waals surface area (Å²) in [5.74, 6) is 0.843. The van der Waals surface area contributed by atoms with Crippen LogP contribution < -0.4 is 9.47 Å². The third-order valence-electron chi connectivity index (χ3n) is 3.85. The van der Waals surface area contributed by atoms with Gasteiger partial charge in [-0.3, -0.25) is 4.98 Å². The van der Waals surface area contributed by atoms with E-state index in [1.807, 2.05) is 0 Å². The summed E-state index contributed by atoms with van der Waals surface area (Å²) < 4.78 is 10.7. The Balaban J connectivity index is 2.45. The molecule has 1 aromatic heterocycles. The highest BCUT2D eigenvalue weighted by atomic mass is 79.9. The Morgan fingerprint density at radius 2 is 1.77 bits per heavy atom. The highest BCUT2D eigenvalue weighted by Gasteiger charge is 2.22. The molecule has 0 fully saturated rings. The highest BCUT2D eigenvalue weighted by molar-refractivity contribution is 9.08. The van der Waals surface area contributed by atoms with Gasteiger partial charge in [0.1, 0.15) is 23.1 Å². The molecule has 0 radical (unpaired) electrons. The number of nitrogens with zero attached hydrogens (tertiary/aromatic N) is 3. The fourth-order valence-corrected chi connectivity index (χ4v) is 3.59. The summed E-state index contributed by atoms with van der Waals surface area (Å²) >= 11 is 16.5. The number of ether oxygens (including phenoxy) is 2. The first kappa shape index (κ1) is 18.7. The van der Waals surface area contributed by atoms with Gasteiger partial charge in [0.2, 0.25) is 0 Å². The molecule has 0 saturated carbocycles. The predicted molar refractivity (Wildman–Crippen MR) is 105 cm³/mol. The van der Waals surface area contributed by atoms with Crippen LogP contribution in [0.5, 0.6) is 11.5 Å². The second-order valence-electron chi connectivity index (χ2n) is 5.25. The van der Waals surface area contributed by atoms with Gasteiger partial charge in [-0.1, -0.05) is 45.2 Å². The molecule has 132 valence electrons. The maximum Gasteiger partial charge on any atom is 0.141 e. The van der Waals surface area contributed by atoms with Gasteiger partial charge in [-0.15, -0.1) is 0 Å². The van der Waals surface area contributed by atoms with E-state index in [0.717, 1.165) is 5.69 Å². The van der Waals surface area contributed by atoms with Crippen LogP contribution in [-0.4, -0.2) is 24.2 Å². The largest absolute Gasteiger partial charge is 0.495 e. The second-order valence-corrected chi connectivity index (χ2v) is 6.57. The van der Waals surface area contributed by atoms with Crippen LogP contribution in [0.1, 0.15) is 11.3 Å². The first-order valence-corrected chi connectivity index (χ1v) is 9.28. The van der Waals surface area contributed by atoms with E-state index >= 15 is 0 Å². The lowest BCUT2D eigenvalue weighted by Gasteiger charge is -2.16. The standard InChI is InChI=1S/C18H12BrCl2N3O2/c1-25-12-5-13(26-2)16(21)14(15(12)20)11-4-3-9(7-22)17-18(11)24-10(6-19)8-23-17/h3-5,8H,6H2,1-2H3. The van der Waals surface area contributed by atoms with Crippen LogP contribution in [-0.2, 0) is 5.33 Å². The average molecular weight is 453 g/mol. The molecule has 3 rings (SSSR count). The van der Waals surface area contributed by atoms with Crippen LogP contribution >= 0.6 is 39.1 Å². The Labute approximate surface area is 168 Å². The number of aromatic nitrogens is 2. The van der Waals surface area contributed by atoms with Gasteiger partial charge < -0.3 is 9.47 Å². The molecule has 0 amide bonds. The molecule has 5 nitrogen and oxygen atoms in total. The summed E-state index contributed by atoms with van der Waals surface area (Å²) in [7, 11) is 3.02. The second kappa shape index (κ2) is 7.67. The van der Waals surface area contributed by atoms with Crippen molar-refractivity contribution in [1.82, 2.24) is 9.97 Å². The Morgan fingerprint density at radius 1 is 1.12 bits per heavy atom. The molecule has 0 aliphatic carbocycles. The maximum absolute atomic E-state index is 9.38. The fourth-order valence-electron chi connectivity index (χ4n) is 2.61. The molecule has 0 N–H and O–H groups in total. The van der Waals surface area contributed by atoms with Crippen LogP contribution in [0.25, 0.3) is 22.2 Å². The normalized spacial score (nSPS) is 10.6. The maximum atomic E-state index is 9.38. The van der Waals surface area contributed by atoms with Crippen molar-refractivity contribution in [2.75, 3.05) is 14.2 Å². The number of nitriles is 1. The first-order chi connectivity index (χ1) is 12.5. The number of rotatable bonds is 4. The molecule has 0 aliphatic heterocycles. The van der Waals surface area contributed by atoms with Gasteiger partial charge in [0, 0.05) is 22.5 Å². The molecule has 0 atom stereocenters. The predicted octanol–water partition coefficient (Wildman–Crippen LogP) is 5.39. The molecule has 1 heterocycles. The number of benzene rings is 2. The molecule has 0 saturated heterocycles. The SMILES string of the molecule is COc1cc(OC)c(Cl)c(-c2ccc(C#N)c3ncc(CBr)nc23)c1Cl. The quantitative estimate of drug-likeness (QED) is 0.496. The number of halogens is 3. The lowest BCUT2D eigenvalue weighted by molar-refractivity contribution is 0.395. The van der Waals surface area contributed by atoms with Crippen molar-refractivity contribution in [3.8, 4) is 28.7 Å². The fraction of sp³-hybridized carbons (Fsp3) is 0.167. The molecule has 0 unspecified atom stereocenters.